The molecule has 0 bridgehead atoms. The van der Waals surface area contributed by atoms with Crippen molar-refractivity contribution in [2.75, 3.05) is 11.9 Å². The molecular weight excluding hydrogens is 203 g/mol. The van der Waals surface area contributed by atoms with Crippen molar-refractivity contribution >= 4 is 11.4 Å². The van der Waals surface area contributed by atoms with Gasteiger partial charge in [-0.2, -0.15) is 0 Å². The largest absolute Gasteiger partial charge is 0.392 e. The lowest BCUT2D eigenvalue weighted by Gasteiger charge is -2.08. The molecule has 0 aromatic heterocycles. The average Bonchev–Trinajstić information content (AvgIpc) is 2.15. The van der Waals surface area contributed by atoms with Gasteiger partial charge in [-0.05, 0) is 13.0 Å². The van der Waals surface area contributed by atoms with Gasteiger partial charge in [0, 0.05) is 12.6 Å². The molecule has 0 aliphatic heterocycles. The summed E-state index contributed by atoms with van der Waals surface area (Å²) in [5, 5.41) is 21.9. The fourth-order valence-electron chi connectivity index (χ4n) is 1.02. The van der Waals surface area contributed by atoms with Crippen molar-refractivity contribution in [1.82, 2.24) is 0 Å². The molecule has 1 atom stereocenters. The maximum absolute atomic E-state index is 13.2. The van der Waals surface area contributed by atoms with Gasteiger partial charge >= 0.3 is 0 Å². The fourth-order valence-corrected chi connectivity index (χ4v) is 1.02. The Balaban J connectivity index is 2.79. The van der Waals surface area contributed by atoms with Crippen LogP contribution in [0.15, 0.2) is 18.2 Å². The molecule has 0 heterocycles. The summed E-state index contributed by atoms with van der Waals surface area (Å²) in [6, 6.07) is 3.31. The zero-order chi connectivity index (χ0) is 11.4. The Morgan fingerprint density at radius 3 is 2.80 bits per heavy atom. The van der Waals surface area contributed by atoms with E-state index in [1.807, 2.05) is 0 Å². The molecule has 5 nitrogen and oxygen atoms in total. The Morgan fingerprint density at radius 1 is 1.67 bits per heavy atom. The molecule has 0 saturated carbocycles. The molecule has 0 saturated heterocycles. The number of rotatable bonds is 4. The first-order valence-corrected chi connectivity index (χ1v) is 4.36. The predicted octanol–water partition coefficient (Wildman–Crippen LogP) is 1.53. The predicted molar refractivity (Wildman–Crippen MR) is 53.2 cm³/mol. The van der Waals surface area contributed by atoms with E-state index in [-0.39, 0.29) is 17.9 Å². The molecule has 1 aromatic rings. The van der Waals surface area contributed by atoms with Crippen molar-refractivity contribution < 1.29 is 14.4 Å². The Labute approximate surface area is 85.7 Å². The first-order valence-electron chi connectivity index (χ1n) is 4.36. The lowest BCUT2D eigenvalue weighted by atomic mass is 10.2. The number of anilines is 1. The molecule has 2 N–H and O–H groups in total. The van der Waals surface area contributed by atoms with Crippen molar-refractivity contribution in [2.45, 2.75) is 13.0 Å². The first-order chi connectivity index (χ1) is 7.00. The Hall–Kier alpha value is -1.69. The third-order valence-electron chi connectivity index (χ3n) is 1.75. The third kappa shape index (κ3) is 3.17. The number of aliphatic hydroxyl groups excluding tert-OH is 1. The van der Waals surface area contributed by atoms with Gasteiger partial charge in [0.1, 0.15) is 0 Å². The molecule has 82 valence electrons. The van der Waals surface area contributed by atoms with Gasteiger partial charge in [-0.3, -0.25) is 10.1 Å². The van der Waals surface area contributed by atoms with Crippen LogP contribution in [0.4, 0.5) is 15.8 Å². The van der Waals surface area contributed by atoms with E-state index in [0.717, 1.165) is 6.07 Å². The summed E-state index contributed by atoms with van der Waals surface area (Å²) < 4.78 is 13.2. The van der Waals surface area contributed by atoms with Crippen LogP contribution in [0.2, 0.25) is 0 Å². The van der Waals surface area contributed by atoms with Crippen molar-refractivity contribution in [1.29, 1.82) is 0 Å². The summed E-state index contributed by atoms with van der Waals surface area (Å²) in [7, 11) is 0. The quantitative estimate of drug-likeness (QED) is 0.588. The second-order valence-corrected chi connectivity index (χ2v) is 3.15. The highest BCUT2D eigenvalue weighted by Gasteiger charge is 2.10. The summed E-state index contributed by atoms with van der Waals surface area (Å²) in [5.41, 5.74) is -0.156. The van der Waals surface area contributed by atoms with Gasteiger partial charge < -0.3 is 10.4 Å². The third-order valence-corrected chi connectivity index (χ3v) is 1.75. The van der Waals surface area contributed by atoms with E-state index in [9.17, 15) is 14.5 Å². The second-order valence-electron chi connectivity index (χ2n) is 3.15. The van der Waals surface area contributed by atoms with Crippen LogP contribution in [0.25, 0.3) is 0 Å². The Morgan fingerprint density at radius 2 is 2.33 bits per heavy atom. The number of nitrogens with zero attached hydrogens (tertiary/aromatic N) is 1. The number of hydrogen-bond acceptors (Lipinski definition) is 4. The summed E-state index contributed by atoms with van der Waals surface area (Å²) >= 11 is 0. The van der Waals surface area contributed by atoms with E-state index >= 15 is 0 Å². The monoisotopic (exact) mass is 214 g/mol. The zero-order valence-electron chi connectivity index (χ0n) is 8.11. The normalized spacial score (nSPS) is 12.2. The van der Waals surface area contributed by atoms with Gasteiger partial charge in [0.15, 0.2) is 5.82 Å². The van der Waals surface area contributed by atoms with Gasteiger partial charge in [-0.1, -0.05) is 0 Å². The number of nitrogens with one attached hydrogen (secondary N) is 1. The molecule has 0 aliphatic carbocycles. The number of aliphatic hydroxyl groups is 1. The minimum absolute atomic E-state index is 0.140. The molecule has 0 spiro atoms. The number of nitro groups is 1. The SMILES string of the molecule is CC(O)CNc1ccc([N+](=O)[O-])cc1F. The van der Waals surface area contributed by atoms with Crippen LogP contribution in [0.1, 0.15) is 6.92 Å². The highest BCUT2D eigenvalue weighted by molar-refractivity contribution is 5.50. The highest BCUT2D eigenvalue weighted by atomic mass is 19.1. The fraction of sp³-hybridized carbons (Fsp3) is 0.333. The lowest BCUT2D eigenvalue weighted by molar-refractivity contribution is -0.385. The molecular formula is C9H11FN2O3. The smallest absolute Gasteiger partial charge is 0.272 e. The van der Waals surface area contributed by atoms with Crippen molar-refractivity contribution in [3.8, 4) is 0 Å². The van der Waals surface area contributed by atoms with Crippen LogP contribution in [0, 0.1) is 15.9 Å². The van der Waals surface area contributed by atoms with Gasteiger partial charge in [-0.15, -0.1) is 0 Å². The lowest BCUT2D eigenvalue weighted by Crippen LogP contribution is -2.16. The minimum atomic E-state index is -0.704. The van der Waals surface area contributed by atoms with Gasteiger partial charge in [-0.25, -0.2) is 4.39 Å². The van der Waals surface area contributed by atoms with Gasteiger partial charge in [0.25, 0.3) is 5.69 Å². The van der Waals surface area contributed by atoms with E-state index in [4.69, 9.17) is 5.11 Å². The van der Waals surface area contributed by atoms with E-state index in [1.54, 1.807) is 6.92 Å². The Kier molecular flexibility index (Phi) is 3.56. The molecule has 1 aromatic carbocycles. The zero-order valence-corrected chi connectivity index (χ0v) is 8.11. The van der Waals surface area contributed by atoms with Crippen molar-refractivity contribution in [2.24, 2.45) is 0 Å². The number of non-ortho nitro benzene ring substituents is 1. The molecule has 0 amide bonds. The molecule has 0 aliphatic rings. The summed E-state index contributed by atoms with van der Waals surface area (Å²) in [4.78, 5) is 9.64. The van der Waals surface area contributed by atoms with Gasteiger partial charge in [0.2, 0.25) is 0 Å². The molecule has 15 heavy (non-hydrogen) atoms. The Bertz CT molecular complexity index is 368. The minimum Gasteiger partial charge on any atom is -0.392 e. The van der Waals surface area contributed by atoms with Crippen molar-refractivity contribution in [3.05, 3.63) is 34.1 Å². The van der Waals surface area contributed by atoms with Crippen LogP contribution in [-0.2, 0) is 0 Å². The second kappa shape index (κ2) is 4.70. The number of halogens is 1. The standard InChI is InChI=1S/C9H11FN2O3/c1-6(13)5-11-9-3-2-7(12(14)15)4-8(9)10/h2-4,6,11,13H,5H2,1H3. The molecule has 1 unspecified atom stereocenters. The van der Waals surface area contributed by atoms with Crippen molar-refractivity contribution in [3.63, 3.8) is 0 Å². The molecule has 0 radical (unpaired) electrons. The number of benzene rings is 1. The van der Waals surface area contributed by atoms with Crippen LogP contribution in [0.5, 0.6) is 0 Å². The molecule has 0 fully saturated rings. The summed E-state index contributed by atoms with van der Waals surface area (Å²) in [6.45, 7) is 1.74. The number of nitro benzene ring substituents is 1. The first kappa shape index (κ1) is 11.4. The molecule has 1 rings (SSSR count). The van der Waals surface area contributed by atoms with Crippen LogP contribution < -0.4 is 5.32 Å². The van der Waals surface area contributed by atoms with Crippen LogP contribution >= 0.6 is 0 Å². The highest BCUT2D eigenvalue weighted by Crippen LogP contribution is 2.20. The average molecular weight is 214 g/mol. The number of hydrogen-bond donors (Lipinski definition) is 2. The van der Waals surface area contributed by atoms with Crippen LogP contribution in [0.3, 0.4) is 0 Å². The maximum atomic E-state index is 13.2. The van der Waals surface area contributed by atoms with Crippen LogP contribution in [-0.4, -0.2) is 22.7 Å². The van der Waals surface area contributed by atoms with E-state index in [2.05, 4.69) is 5.32 Å². The van der Waals surface area contributed by atoms with Gasteiger partial charge in [0.05, 0.1) is 22.8 Å². The van der Waals surface area contributed by atoms with E-state index < -0.39 is 16.8 Å². The summed E-state index contributed by atoms with van der Waals surface area (Å²) in [6.07, 6.45) is -0.611. The van der Waals surface area contributed by atoms with E-state index in [1.165, 1.54) is 12.1 Å². The maximum Gasteiger partial charge on any atom is 0.272 e. The molecule has 6 heteroatoms. The van der Waals surface area contributed by atoms with E-state index in [0.29, 0.717) is 0 Å². The summed E-state index contributed by atoms with van der Waals surface area (Å²) in [5.74, 6) is -0.704. The topological polar surface area (TPSA) is 75.4 Å².